The van der Waals surface area contributed by atoms with E-state index in [1.807, 2.05) is 18.2 Å². The number of rotatable bonds is 3. The molecule has 0 unspecified atom stereocenters. The monoisotopic (exact) mass is 258 g/mol. The van der Waals surface area contributed by atoms with Crippen molar-refractivity contribution in [2.75, 3.05) is 0 Å². The van der Waals surface area contributed by atoms with Gasteiger partial charge in [-0.05, 0) is 25.3 Å². The fraction of sp³-hybridized carbons (Fsp3) is 0.214. The van der Waals surface area contributed by atoms with E-state index in [1.165, 1.54) is 20.0 Å². The van der Waals surface area contributed by atoms with Crippen LogP contribution in [0.3, 0.4) is 0 Å². The van der Waals surface area contributed by atoms with Gasteiger partial charge in [0, 0.05) is 11.6 Å². The van der Waals surface area contributed by atoms with Gasteiger partial charge in [0.15, 0.2) is 0 Å². The van der Waals surface area contributed by atoms with Crippen LogP contribution in [0.5, 0.6) is 0 Å². The molecule has 19 heavy (non-hydrogen) atoms. The topological polar surface area (TPSA) is 79.3 Å². The molecule has 5 nitrogen and oxygen atoms in total. The number of carboxylic acid groups (broad SMARTS) is 1. The van der Waals surface area contributed by atoms with Crippen molar-refractivity contribution >= 4 is 22.6 Å². The molecule has 1 aromatic carbocycles. The first-order valence-electron chi connectivity index (χ1n) is 5.81. The highest BCUT2D eigenvalue weighted by Gasteiger charge is 2.30. The number of carbonyl (C=O) groups excluding carboxylic acids is 1. The normalized spacial score (nSPS) is 11.3. The van der Waals surface area contributed by atoms with E-state index in [9.17, 15) is 9.59 Å². The van der Waals surface area contributed by atoms with Crippen molar-refractivity contribution < 1.29 is 14.7 Å². The van der Waals surface area contributed by atoms with Gasteiger partial charge in [-0.2, -0.15) is 0 Å². The fourth-order valence-corrected chi connectivity index (χ4v) is 1.70. The molecule has 1 amide bonds. The molecule has 0 bridgehead atoms. The van der Waals surface area contributed by atoms with Crippen molar-refractivity contribution in [3.05, 3.63) is 42.2 Å². The van der Waals surface area contributed by atoms with Gasteiger partial charge in [0.2, 0.25) is 0 Å². The molecule has 0 fully saturated rings. The zero-order valence-corrected chi connectivity index (χ0v) is 10.7. The van der Waals surface area contributed by atoms with Crippen molar-refractivity contribution in [3.63, 3.8) is 0 Å². The van der Waals surface area contributed by atoms with Crippen molar-refractivity contribution in [2.24, 2.45) is 0 Å². The van der Waals surface area contributed by atoms with Gasteiger partial charge in [-0.15, -0.1) is 0 Å². The van der Waals surface area contributed by atoms with Crippen molar-refractivity contribution in [1.29, 1.82) is 0 Å². The lowest BCUT2D eigenvalue weighted by Crippen LogP contribution is -2.49. The van der Waals surface area contributed by atoms with Crippen LogP contribution in [0.4, 0.5) is 0 Å². The summed E-state index contributed by atoms with van der Waals surface area (Å²) in [6.07, 6.45) is 1.53. The van der Waals surface area contributed by atoms with E-state index in [1.54, 1.807) is 12.1 Å². The summed E-state index contributed by atoms with van der Waals surface area (Å²) in [5.41, 5.74) is -1.11. The predicted octanol–water partition coefficient (Wildman–Crippen LogP) is 1.83. The summed E-state index contributed by atoms with van der Waals surface area (Å²) in [5.74, 6) is -1.59. The highest BCUT2D eigenvalue weighted by atomic mass is 16.4. The standard InChI is InChI=1S/C14H14N2O3/c1-14(2,13(18)19)16-12(17)11-10-6-4-3-5-9(10)7-8-15-11/h3-8H,1-2H3,(H,16,17)(H,18,19). The second kappa shape index (κ2) is 4.68. The molecule has 2 aromatic rings. The maximum Gasteiger partial charge on any atom is 0.328 e. The molecule has 0 atom stereocenters. The number of carbonyl (C=O) groups is 2. The molecule has 0 aliphatic heterocycles. The second-order valence-electron chi connectivity index (χ2n) is 4.76. The fourth-order valence-electron chi connectivity index (χ4n) is 1.70. The van der Waals surface area contributed by atoms with Crippen LogP contribution in [-0.2, 0) is 4.79 Å². The van der Waals surface area contributed by atoms with Crippen LogP contribution in [0, 0.1) is 0 Å². The number of hydrogen-bond donors (Lipinski definition) is 2. The Kier molecular flexibility index (Phi) is 3.21. The summed E-state index contributed by atoms with van der Waals surface area (Å²) in [6.45, 7) is 2.86. The Hall–Kier alpha value is -2.43. The molecule has 2 rings (SSSR count). The van der Waals surface area contributed by atoms with Gasteiger partial charge >= 0.3 is 5.97 Å². The molecule has 0 saturated carbocycles. The summed E-state index contributed by atoms with van der Waals surface area (Å²) < 4.78 is 0. The zero-order valence-electron chi connectivity index (χ0n) is 10.7. The quantitative estimate of drug-likeness (QED) is 0.880. The molecular weight excluding hydrogens is 244 g/mol. The van der Waals surface area contributed by atoms with E-state index in [0.717, 1.165) is 5.39 Å². The molecule has 0 radical (unpaired) electrons. The van der Waals surface area contributed by atoms with Gasteiger partial charge < -0.3 is 10.4 Å². The average molecular weight is 258 g/mol. The zero-order chi connectivity index (χ0) is 14.0. The molecule has 0 spiro atoms. The summed E-state index contributed by atoms with van der Waals surface area (Å²) in [5, 5.41) is 13.1. The number of benzene rings is 1. The van der Waals surface area contributed by atoms with Gasteiger partial charge in [-0.3, -0.25) is 9.78 Å². The number of amides is 1. The van der Waals surface area contributed by atoms with Gasteiger partial charge in [-0.25, -0.2) is 4.79 Å². The summed E-state index contributed by atoms with van der Waals surface area (Å²) in [7, 11) is 0. The SMILES string of the molecule is CC(C)(NC(=O)c1nccc2ccccc12)C(=O)O. The van der Waals surface area contributed by atoms with Gasteiger partial charge in [0.25, 0.3) is 5.91 Å². The van der Waals surface area contributed by atoms with Gasteiger partial charge in [0.1, 0.15) is 11.2 Å². The molecule has 0 aliphatic rings. The summed E-state index contributed by atoms with van der Waals surface area (Å²) in [4.78, 5) is 27.2. The second-order valence-corrected chi connectivity index (χ2v) is 4.76. The lowest BCUT2D eigenvalue weighted by Gasteiger charge is -2.21. The van der Waals surface area contributed by atoms with Crippen LogP contribution in [0.2, 0.25) is 0 Å². The molecule has 5 heteroatoms. The van der Waals surface area contributed by atoms with E-state index in [0.29, 0.717) is 5.39 Å². The maximum absolute atomic E-state index is 12.1. The van der Waals surface area contributed by atoms with Crippen LogP contribution in [0.15, 0.2) is 36.5 Å². The molecule has 1 heterocycles. The van der Waals surface area contributed by atoms with Crippen LogP contribution in [0.1, 0.15) is 24.3 Å². The van der Waals surface area contributed by atoms with E-state index in [4.69, 9.17) is 5.11 Å². The average Bonchev–Trinajstić information content (AvgIpc) is 2.37. The summed E-state index contributed by atoms with van der Waals surface area (Å²) in [6, 6.07) is 9.13. The van der Waals surface area contributed by atoms with Gasteiger partial charge in [-0.1, -0.05) is 24.3 Å². The van der Waals surface area contributed by atoms with E-state index >= 15 is 0 Å². The highest BCUT2D eigenvalue weighted by Crippen LogP contribution is 2.17. The van der Waals surface area contributed by atoms with Crippen LogP contribution >= 0.6 is 0 Å². The predicted molar refractivity (Wildman–Crippen MR) is 70.9 cm³/mol. The molecular formula is C14H14N2O3. The van der Waals surface area contributed by atoms with E-state index in [2.05, 4.69) is 10.3 Å². The highest BCUT2D eigenvalue weighted by molar-refractivity contribution is 6.06. The Morgan fingerprint density at radius 1 is 1.21 bits per heavy atom. The number of pyridine rings is 1. The smallest absolute Gasteiger partial charge is 0.328 e. The first-order chi connectivity index (χ1) is 8.92. The third kappa shape index (κ3) is 2.54. The number of hydrogen-bond acceptors (Lipinski definition) is 3. The number of nitrogens with one attached hydrogen (secondary N) is 1. The number of nitrogens with zero attached hydrogens (tertiary/aromatic N) is 1. The first-order valence-corrected chi connectivity index (χ1v) is 5.81. The van der Waals surface area contributed by atoms with Crippen LogP contribution in [0.25, 0.3) is 10.8 Å². The number of aromatic nitrogens is 1. The Morgan fingerprint density at radius 2 is 1.89 bits per heavy atom. The summed E-state index contributed by atoms with van der Waals surface area (Å²) >= 11 is 0. The number of fused-ring (bicyclic) bond motifs is 1. The molecule has 98 valence electrons. The van der Waals surface area contributed by atoms with Crippen molar-refractivity contribution in [1.82, 2.24) is 10.3 Å². The first kappa shape index (κ1) is 13.0. The lowest BCUT2D eigenvalue weighted by atomic mass is 10.0. The van der Waals surface area contributed by atoms with Crippen LogP contribution < -0.4 is 5.32 Å². The molecule has 0 saturated heterocycles. The minimum atomic E-state index is -1.34. The Morgan fingerprint density at radius 3 is 2.58 bits per heavy atom. The number of aliphatic carboxylic acids is 1. The van der Waals surface area contributed by atoms with E-state index < -0.39 is 17.4 Å². The lowest BCUT2D eigenvalue weighted by molar-refractivity contribution is -0.143. The van der Waals surface area contributed by atoms with Crippen molar-refractivity contribution in [3.8, 4) is 0 Å². The van der Waals surface area contributed by atoms with Crippen molar-refractivity contribution in [2.45, 2.75) is 19.4 Å². The third-order valence-corrected chi connectivity index (χ3v) is 2.85. The van der Waals surface area contributed by atoms with E-state index in [-0.39, 0.29) is 5.69 Å². The largest absolute Gasteiger partial charge is 0.480 e. The Labute approximate surface area is 110 Å². The number of carboxylic acids is 1. The minimum absolute atomic E-state index is 0.229. The van der Waals surface area contributed by atoms with Gasteiger partial charge in [0.05, 0.1) is 0 Å². The Balaban J connectivity index is 2.40. The molecule has 2 N–H and O–H groups in total. The Bertz CT molecular complexity index is 645. The third-order valence-electron chi connectivity index (χ3n) is 2.85. The molecule has 0 aliphatic carbocycles. The minimum Gasteiger partial charge on any atom is -0.480 e. The van der Waals surface area contributed by atoms with Crippen LogP contribution in [-0.4, -0.2) is 27.5 Å². The molecule has 1 aromatic heterocycles. The maximum atomic E-state index is 12.1.